The van der Waals surface area contributed by atoms with Gasteiger partial charge in [-0.1, -0.05) is 18.2 Å². The highest BCUT2D eigenvalue weighted by Crippen LogP contribution is 2.52. The van der Waals surface area contributed by atoms with Crippen LogP contribution in [0.4, 0.5) is 0 Å². The van der Waals surface area contributed by atoms with Crippen molar-refractivity contribution < 1.29 is 14.3 Å². The summed E-state index contributed by atoms with van der Waals surface area (Å²) in [6, 6.07) is 8.29. The van der Waals surface area contributed by atoms with E-state index in [9.17, 15) is 4.79 Å². The Bertz CT molecular complexity index is 810. The van der Waals surface area contributed by atoms with Crippen molar-refractivity contribution in [2.24, 2.45) is 0 Å². The van der Waals surface area contributed by atoms with E-state index in [0.717, 1.165) is 42.6 Å². The van der Waals surface area contributed by atoms with Crippen LogP contribution in [0.1, 0.15) is 36.8 Å². The molecule has 6 heteroatoms. The van der Waals surface area contributed by atoms with E-state index in [1.807, 2.05) is 36.1 Å². The number of para-hydroxylation sites is 1. The molecule has 1 aromatic carbocycles. The van der Waals surface area contributed by atoms with E-state index in [-0.39, 0.29) is 12.0 Å². The van der Waals surface area contributed by atoms with Crippen molar-refractivity contribution in [3.63, 3.8) is 0 Å². The third-order valence-corrected chi connectivity index (χ3v) is 5.54. The predicted octanol–water partition coefficient (Wildman–Crippen LogP) is 2.90. The van der Waals surface area contributed by atoms with E-state index >= 15 is 0 Å². The SMILES string of the molecule is COc1ccccc1C1(C(=O)N2CCC(Oc3ncc(C)cn3)CC2)CC1. The summed E-state index contributed by atoms with van der Waals surface area (Å²) < 4.78 is 11.4. The van der Waals surface area contributed by atoms with E-state index in [0.29, 0.717) is 19.1 Å². The number of methoxy groups -OCH3 is 1. The van der Waals surface area contributed by atoms with Crippen molar-refractivity contribution in [1.82, 2.24) is 14.9 Å². The third kappa shape index (κ3) is 3.48. The number of piperidine rings is 1. The van der Waals surface area contributed by atoms with Crippen molar-refractivity contribution in [2.45, 2.75) is 44.1 Å². The number of carbonyl (C=O) groups is 1. The van der Waals surface area contributed by atoms with Gasteiger partial charge >= 0.3 is 6.01 Å². The molecule has 142 valence electrons. The maximum absolute atomic E-state index is 13.3. The van der Waals surface area contributed by atoms with Crippen LogP contribution in [0.3, 0.4) is 0 Å². The second kappa shape index (κ2) is 7.18. The molecular formula is C21H25N3O3. The molecular weight excluding hydrogens is 342 g/mol. The minimum atomic E-state index is -0.402. The average Bonchev–Trinajstić information content (AvgIpc) is 3.52. The van der Waals surface area contributed by atoms with Crippen LogP contribution >= 0.6 is 0 Å². The Morgan fingerprint density at radius 1 is 1.15 bits per heavy atom. The number of aryl methyl sites for hydroxylation is 1. The lowest BCUT2D eigenvalue weighted by atomic mass is 9.92. The van der Waals surface area contributed by atoms with Crippen LogP contribution in [0, 0.1) is 6.92 Å². The van der Waals surface area contributed by atoms with Gasteiger partial charge < -0.3 is 14.4 Å². The molecule has 0 atom stereocenters. The quantitative estimate of drug-likeness (QED) is 0.813. The maximum atomic E-state index is 13.3. The van der Waals surface area contributed by atoms with E-state index in [4.69, 9.17) is 9.47 Å². The van der Waals surface area contributed by atoms with Gasteiger partial charge in [-0.3, -0.25) is 4.79 Å². The molecule has 1 saturated heterocycles. The van der Waals surface area contributed by atoms with Gasteiger partial charge in [0.15, 0.2) is 0 Å². The van der Waals surface area contributed by atoms with Crippen LogP contribution in [-0.4, -0.2) is 47.1 Å². The number of nitrogens with zero attached hydrogens (tertiary/aromatic N) is 3. The number of amides is 1. The van der Waals surface area contributed by atoms with Crippen LogP contribution in [0.25, 0.3) is 0 Å². The molecule has 0 unspecified atom stereocenters. The van der Waals surface area contributed by atoms with Gasteiger partial charge in [-0.05, 0) is 31.4 Å². The van der Waals surface area contributed by atoms with E-state index in [2.05, 4.69) is 9.97 Å². The number of carbonyl (C=O) groups excluding carboxylic acids is 1. The van der Waals surface area contributed by atoms with Gasteiger partial charge in [0.25, 0.3) is 0 Å². The largest absolute Gasteiger partial charge is 0.496 e. The Kier molecular flexibility index (Phi) is 4.72. The summed E-state index contributed by atoms with van der Waals surface area (Å²) in [6.07, 6.45) is 6.93. The Morgan fingerprint density at radius 2 is 1.81 bits per heavy atom. The second-order valence-electron chi connectivity index (χ2n) is 7.43. The third-order valence-electron chi connectivity index (χ3n) is 5.54. The van der Waals surface area contributed by atoms with Crippen molar-refractivity contribution in [3.05, 3.63) is 47.8 Å². The molecule has 1 amide bonds. The first-order chi connectivity index (χ1) is 13.1. The molecule has 1 saturated carbocycles. The normalized spacial score (nSPS) is 18.8. The molecule has 2 heterocycles. The average molecular weight is 367 g/mol. The number of hydrogen-bond donors (Lipinski definition) is 0. The standard InChI is InChI=1S/C21H25N3O3/c1-15-13-22-20(23-14-15)27-16-7-11-24(12-8-16)19(25)21(9-10-21)17-5-3-4-6-18(17)26-2/h3-6,13-14,16H,7-12H2,1-2H3. The monoisotopic (exact) mass is 367 g/mol. The predicted molar refractivity (Wildman–Crippen MR) is 101 cm³/mol. The van der Waals surface area contributed by atoms with Crippen LogP contribution in [0.5, 0.6) is 11.8 Å². The Morgan fingerprint density at radius 3 is 2.44 bits per heavy atom. The number of rotatable bonds is 5. The van der Waals surface area contributed by atoms with Gasteiger partial charge in [-0.25, -0.2) is 9.97 Å². The zero-order valence-electron chi connectivity index (χ0n) is 15.9. The summed E-state index contributed by atoms with van der Waals surface area (Å²) in [4.78, 5) is 23.7. The molecule has 1 aliphatic heterocycles. The lowest BCUT2D eigenvalue weighted by Crippen LogP contribution is -2.46. The molecule has 1 aromatic heterocycles. The van der Waals surface area contributed by atoms with Crippen molar-refractivity contribution >= 4 is 5.91 Å². The first kappa shape index (κ1) is 17.8. The van der Waals surface area contributed by atoms with Crippen LogP contribution < -0.4 is 9.47 Å². The lowest BCUT2D eigenvalue weighted by Gasteiger charge is -2.34. The Hall–Kier alpha value is -2.63. The van der Waals surface area contributed by atoms with Crippen molar-refractivity contribution in [1.29, 1.82) is 0 Å². The highest BCUT2D eigenvalue weighted by Gasteiger charge is 2.54. The molecule has 4 rings (SSSR count). The topological polar surface area (TPSA) is 64.5 Å². The summed E-state index contributed by atoms with van der Waals surface area (Å²) in [6.45, 7) is 3.35. The van der Waals surface area contributed by atoms with Gasteiger partial charge in [0.05, 0.1) is 12.5 Å². The van der Waals surface area contributed by atoms with Gasteiger partial charge in [0, 0.05) is 43.9 Å². The molecule has 2 fully saturated rings. The number of hydrogen-bond acceptors (Lipinski definition) is 5. The lowest BCUT2D eigenvalue weighted by molar-refractivity contribution is -0.135. The molecule has 1 aliphatic carbocycles. The number of ether oxygens (including phenoxy) is 2. The molecule has 2 aromatic rings. The summed E-state index contributed by atoms with van der Waals surface area (Å²) in [5.41, 5.74) is 1.62. The maximum Gasteiger partial charge on any atom is 0.316 e. The van der Waals surface area contributed by atoms with Crippen LogP contribution in [0.15, 0.2) is 36.7 Å². The van der Waals surface area contributed by atoms with E-state index in [1.54, 1.807) is 19.5 Å². The van der Waals surface area contributed by atoms with Crippen molar-refractivity contribution in [3.8, 4) is 11.8 Å². The fraction of sp³-hybridized carbons (Fsp3) is 0.476. The first-order valence-electron chi connectivity index (χ1n) is 9.50. The molecule has 0 bridgehead atoms. The molecule has 0 spiro atoms. The minimum Gasteiger partial charge on any atom is -0.496 e. The first-order valence-corrected chi connectivity index (χ1v) is 9.50. The van der Waals surface area contributed by atoms with E-state index in [1.165, 1.54) is 0 Å². The van der Waals surface area contributed by atoms with Gasteiger partial charge in [0.2, 0.25) is 5.91 Å². The van der Waals surface area contributed by atoms with Gasteiger partial charge in [-0.2, -0.15) is 0 Å². The molecule has 6 nitrogen and oxygen atoms in total. The van der Waals surface area contributed by atoms with Crippen LogP contribution in [-0.2, 0) is 10.2 Å². The number of likely N-dealkylation sites (tertiary alicyclic amines) is 1. The highest BCUT2D eigenvalue weighted by molar-refractivity contribution is 5.92. The zero-order valence-corrected chi connectivity index (χ0v) is 15.9. The summed E-state index contributed by atoms with van der Waals surface area (Å²) in [5.74, 6) is 1.02. The summed E-state index contributed by atoms with van der Waals surface area (Å²) in [7, 11) is 1.66. The number of aromatic nitrogens is 2. The Balaban J connectivity index is 1.39. The Labute approximate surface area is 159 Å². The van der Waals surface area contributed by atoms with Crippen LogP contribution in [0.2, 0.25) is 0 Å². The molecule has 2 aliphatic rings. The fourth-order valence-electron chi connectivity index (χ4n) is 3.83. The summed E-state index contributed by atoms with van der Waals surface area (Å²) in [5, 5.41) is 0. The zero-order chi connectivity index (χ0) is 18.9. The van der Waals surface area contributed by atoms with Gasteiger partial charge in [-0.15, -0.1) is 0 Å². The second-order valence-corrected chi connectivity index (χ2v) is 7.43. The van der Waals surface area contributed by atoms with Gasteiger partial charge in [0.1, 0.15) is 11.9 Å². The van der Waals surface area contributed by atoms with Crippen molar-refractivity contribution in [2.75, 3.05) is 20.2 Å². The molecule has 0 N–H and O–H groups in total. The van der Waals surface area contributed by atoms with E-state index < -0.39 is 5.41 Å². The minimum absolute atomic E-state index is 0.0539. The molecule has 27 heavy (non-hydrogen) atoms. The molecule has 0 radical (unpaired) electrons. The highest BCUT2D eigenvalue weighted by atomic mass is 16.5. The fourth-order valence-corrected chi connectivity index (χ4v) is 3.83. The number of benzene rings is 1. The summed E-state index contributed by atoms with van der Waals surface area (Å²) >= 11 is 0. The smallest absolute Gasteiger partial charge is 0.316 e.